The molecule has 6 nitrogen and oxygen atoms in total. The van der Waals surface area contributed by atoms with Gasteiger partial charge in [0.25, 0.3) is 5.91 Å². The van der Waals surface area contributed by atoms with Gasteiger partial charge in [-0.15, -0.1) is 0 Å². The van der Waals surface area contributed by atoms with Crippen LogP contribution < -0.4 is 5.32 Å². The Morgan fingerprint density at radius 3 is 3.11 bits per heavy atom. The maximum Gasteiger partial charge on any atom is 0.252 e. The lowest BCUT2D eigenvalue weighted by atomic mass is 10.3. The van der Waals surface area contributed by atoms with Crippen molar-refractivity contribution in [3.05, 3.63) is 23.5 Å². The van der Waals surface area contributed by atoms with Gasteiger partial charge in [-0.05, 0) is 24.8 Å². The van der Waals surface area contributed by atoms with E-state index >= 15 is 0 Å². The highest BCUT2D eigenvalue weighted by Gasteiger charge is 2.21. The molecular formula is C13H17N3O3. The van der Waals surface area contributed by atoms with Crippen molar-refractivity contribution < 1.29 is 14.6 Å². The second-order valence-corrected chi connectivity index (χ2v) is 4.76. The summed E-state index contributed by atoms with van der Waals surface area (Å²) in [5, 5.41) is 20.8. The summed E-state index contributed by atoms with van der Waals surface area (Å²) in [5.74, 6) is 0.338. The van der Waals surface area contributed by atoms with Crippen molar-refractivity contribution in [3.8, 4) is 6.07 Å². The molecule has 2 rings (SSSR count). The number of carbonyl (C=O) groups excluding carboxylic acids is 1. The fraction of sp³-hybridized carbons (Fsp3) is 0.538. The molecule has 102 valence electrons. The molecule has 0 bridgehead atoms. The average molecular weight is 263 g/mol. The number of nitrogens with one attached hydrogen (secondary N) is 2. The van der Waals surface area contributed by atoms with E-state index in [9.17, 15) is 9.90 Å². The molecule has 1 aliphatic rings. The van der Waals surface area contributed by atoms with Gasteiger partial charge in [0.05, 0.1) is 18.3 Å². The lowest BCUT2D eigenvalue weighted by Crippen LogP contribution is -2.34. The molecule has 0 saturated heterocycles. The molecule has 0 spiro atoms. The Morgan fingerprint density at radius 1 is 1.68 bits per heavy atom. The summed E-state index contributed by atoms with van der Waals surface area (Å²) in [5.41, 5.74) is 0.709. The SMILES string of the molecule is N#Cc1cc(C(=O)NCC(O)COCC2CC2)c[nH]1. The third-order valence-corrected chi connectivity index (χ3v) is 2.92. The molecule has 3 N–H and O–H groups in total. The first-order chi connectivity index (χ1) is 9.19. The number of H-pyrrole nitrogens is 1. The second kappa shape index (κ2) is 6.36. The molecule has 19 heavy (non-hydrogen) atoms. The summed E-state index contributed by atoms with van der Waals surface area (Å²) in [6.45, 7) is 1.05. The number of ether oxygens (including phenoxy) is 1. The van der Waals surface area contributed by atoms with Crippen LogP contribution in [0, 0.1) is 17.2 Å². The molecule has 1 saturated carbocycles. The predicted octanol–water partition coefficient (Wildman–Crippen LogP) is 0.404. The van der Waals surface area contributed by atoms with Gasteiger partial charge in [0.15, 0.2) is 0 Å². The Morgan fingerprint density at radius 2 is 2.47 bits per heavy atom. The fourth-order valence-corrected chi connectivity index (χ4v) is 1.62. The van der Waals surface area contributed by atoms with Crippen LogP contribution in [0.4, 0.5) is 0 Å². The summed E-state index contributed by atoms with van der Waals surface area (Å²) in [6.07, 6.45) is 3.17. The van der Waals surface area contributed by atoms with Gasteiger partial charge >= 0.3 is 0 Å². The zero-order valence-electron chi connectivity index (χ0n) is 10.6. The summed E-state index contributed by atoms with van der Waals surface area (Å²) in [4.78, 5) is 14.3. The summed E-state index contributed by atoms with van der Waals surface area (Å²) in [6, 6.07) is 3.37. The molecule has 1 aliphatic carbocycles. The third-order valence-electron chi connectivity index (χ3n) is 2.92. The normalized spacial score (nSPS) is 15.8. The second-order valence-electron chi connectivity index (χ2n) is 4.76. The minimum Gasteiger partial charge on any atom is -0.389 e. The smallest absolute Gasteiger partial charge is 0.252 e. The summed E-state index contributed by atoms with van der Waals surface area (Å²) in [7, 11) is 0. The Hall–Kier alpha value is -1.84. The van der Waals surface area contributed by atoms with Gasteiger partial charge < -0.3 is 20.1 Å². The van der Waals surface area contributed by atoms with Crippen molar-refractivity contribution in [2.24, 2.45) is 5.92 Å². The first-order valence-electron chi connectivity index (χ1n) is 6.31. The first kappa shape index (κ1) is 13.6. The zero-order chi connectivity index (χ0) is 13.7. The van der Waals surface area contributed by atoms with Crippen molar-refractivity contribution in [2.75, 3.05) is 19.8 Å². The number of aliphatic hydroxyl groups is 1. The van der Waals surface area contributed by atoms with E-state index in [1.807, 2.05) is 6.07 Å². The molecule has 0 radical (unpaired) electrons. The lowest BCUT2D eigenvalue weighted by molar-refractivity contribution is 0.0321. The number of rotatable bonds is 7. The Labute approximate surface area is 111 Å². The minimum atomic E-state index is -0.711. The van der Waals surface area contributed by atoms with Crippen LogP contribution in [-0.2, 0) is 4.74 Å². The van der Waals surface area contributed by atoms with Crippen LogP contribution >= 0.6 is 0 Å². The third kappa shape index (κ3) is 4.39. The summed E-state index contributed by atoms with van der Waals surface area (Å²) < 4.78 is 5.33. The van der Waals surface area contributed by atoms with Crippen LogP contribution in [-0.4, -0.2) is 41.9 Å². The number of aromatic nitrogens is 1. The maximum atomic E-state index is 11.7. The number of aliphatic hydroxyl groups excluding tert-OH is 1. The number of nitriles is 1. The van der Waals surface area contributed by atoms with E-state index in [1.54, 1.807) is 0 Å². The molecule has 6 heteroatoms. The molecular weight excluding hydrogens is 246 g/mol. The van der Waals surface area contributed by atoms with Gasteiger partial charge in [0.1, 0.15) is 11.8 Å². The molecule has 0 aromatic carbocycles. The zero-order valence-corrected chi connectivity index (χ0v) is 10.6. The monoisotopic (exact) mass is 263 g/mol. The van der Waals surface area contributed by atoms with Crippen LogP contribution in [0.2, 0.25) is 0 Å². The van der Waals surface area contributed by atoms with E-state index in [2.05, 4.69) is 10.3 Å². The van der Waals surface area contributed by atoms with Crippen molar-refractivity contribution in [1.82, 2.24) is 10.3 Å². The van der Waals surface area contributed by atoms with Crippen LogP contribution in [0.25, 0.3) is 0 Å². The molecule has 1 atom stereocenters. The Balaban J connectivity index is 1.65. The van der Waals surface area contributed by atoms with E-state index in [4.69, 9.17) is 10.00 Å². The Kier molecular flexibility index (Phi) is 4.55. The largest absolute Gasteiger partial charge is 0.389 e. The van der Waals surface area contributed by atoms with Crippen LogP contribution in [0.3, 0.4) is 0 Å². The number of hydrogen-bond acceptors (Lipinski definition) is 4. The van der Waals surface area contributed by atoms with Crippen molar-refractivity contribution in [1.29, 1.82) is 5.26 Å². The standard InChI is InChI=1S/C13H17N3O3/c14-4-11-3-10(5-15-11)13(18)16-6-12(17)8-19-7-9-1-2-9/h3,5,9,12,15,17H,1-2,6-8H2,(H,16,18). The van der Waals surface area contributed by atoms with Gasteiger partial charge in [0.2, 0.25) is 0 Å². The highest BCUT2D eigenvalue weighted by Crippen LogP contribution is 2.28. The number of nitrogens with zero attached hydrogens (tertiary/aromatic N) is 1. The van der Waals surface area contributed by atoms with Crippen LogP contribution in [0.5, 0.6) is 0 Å². The van der Waals surface area contributed by atoms with Crippen LogP contribution in [0.1, 0.15) is 28.9 Å². The van der Waals surface area contributed by atoms with E-state index in [1.165, 1.54) is 25.1 Å². The average Bonchev–Trinajstić information content (AvgIpc) is 3.10. The van der Waals surface area contributed by atoms with E-state index in [0.717, 1.165) is 0 Å². The number of carbonyl (C=O) groups is 1. The molecule has 1 aromatic heterocycles. The highest BCUT2D eigenvalue weighted by atomic mass is 16.5. The topological polar surface area (TPSA) is 98.1 Å². The number of aromatic amines is 1. The van der Waals surface area contributed by atoms with Gasteiger partial charge in [-0.3, -0.25) is 4.79 Å². The Bertz CT molecular complexity index is 474. The van der Waals surface area contributed by atoms with E-state index < -0.39 is 6.10 Å². The minimum absolute atomic E-state index is 0.135. The van der Waals surface area contributed by atoms with Gasteiger partial charge in [-0.1, -0.05) is 0 Å². The van der Waals surface area contributed by atoms with Gasteiger partial charge in [-0.25, -0.2) is 0 Å². The fourth-order valence-electron chi connectivity index (χ4n) is 1.62. The highest BCUT2D eigenvalue weighted by molar-refractivity contribution is 5.94. The van der Waals surface area contributed by atoms with Crippen molar-refractivity contribution >= 4 is 5.91 Å². The van der Waals surface area contributed by atoms with Gasteiger partial charge in [0, 0.05) is 19.3 Å². The number of hydrogen-bond donors (Lipinski definition) is 3. The van der Waals surface area contributed by atoms with Gasteiger partial charge in [-0.2, -0.15) is 5.26 Å². The molecule has 1 heterocycles. The van der Waals surface area contributed by atoms with E-state index in [-0.39, 0.29) is 19.1 Å². The molecule has 0 aliphatic heterocycles. The molecule has 1 fully saturated rings. The molecule has 1 unspecified atom stereocenters. The predicted molar refractivity (Wildman–Crippen MR) is 67.4 cm³/mol. The molecule has 1 amide bonds. The van der Waals surface area contributed by atoms with Crippen molar-refractivity contribution in [2.45, 2.75) is 18.9 Å². The van der Waals surface area contributed by atoms with E-state index in [0.29, 0.717) is 23.8 Å². The van der Waals surface area contributed by atoms with Crippen LogP contribution in [0.15, 0.2) is 12.3 Å². The quantitative estimate of drug-likeness (QED) is 0.663. The molecule has 1 aromatic rings. The summed E-state index contributed by atoms with van der Waals surface area (Å²) >= 11 is 0. The first-order valence-corrected chi connectivity index (χ1v) is 6.31. The number of amides is 1. The lowest BCUT2D eigenvalue weighted by Gasteiger charge is -2.11. The maximum absolute atomic E-state index is 11.7. The van der Waals surface area contributed by atoms with Crippen molar-refractivity contribution in [3.63, 3.8) is 0 Å².